The second-order valence-corrected chi connectivity index (χ2v) is 7.73. The van der Waals surface area contributed by atoms with Crippen molar-refractivity contribution in [2.24, 2.45) is 0 Å². The molecule has 2 aromatic carbocycles. The number of benzene rings is 2. The highest BCUT2D eigenvalue weighted by Gasteiger charge is 2.31. The number of hydrogen-bond acceptors (Lipinski definition) is 2. The number of rotatable bonds is 4. The minimum absolute atomic E-state index is 0.304. The number of anilines is 1. The predicted octanol–water partition coefficient (Wildman–Crippen LogP) is 5.87. The van der Waals surface area contributed by atoms with Crippen molar-refractivity contribution in [1.82, 2.24) is 0 Å². The molecule has 0 aromatic heterocycles. The van der Waals surface area contributed by atoms with E-state index in [4.69, 9.17) is 11.6 Å². The second kappa shape index (κ2) is 7.07. The molecule has 0 aliphatic heterocycles. The van der Waals surface area contributed by atoms with Crippen LogP contribution in [0, 0.1) is 0 Å². The van der Waals surface area contributed by atoms with Gasteiger partial charge in [-0.15, -0.1) is 11.8 Å². The lowest BCUT2D eigenvalue weighted by Crippen LogP contribution is -2.33. The Morgan fingerprint density at radius 2 is 1.54 bits per heavy atom. The van der Waals surface area contributed by atoms with Crippen molar-refractivity contribution in [3.63, 3.8) is 0 Å². The minimum atomic E-state index is -4.40. The summed E-state index contributed by atoms with van der Waals surface area (Å²) in [6, 6.07) is 11.4. The second-order valence-electron chi connectivity index (χ2n) is 5.60. The number of nitrogens with one attached hydrogen (secondary N) is 1. The summed E-state index contributed by atoms with van der Waals surface area (Å²) in [4.78, 5) is 13.3. The van der Waals surface area contributed by atoms with Gasteiger partial charge in [0, 0.05) is 15.6 Å². The molecule has 0 bridgehead atoms. The van der Waals surface area contributed by atoms with E-state index in [0.717, 1.165) is 17.0 Å². The smallest absolute Gasteiger partial charge is 0.325 e. The third-order valence-electron chi connectivity index (χ3n) is 3.20. The average Bonchev–Trinajstić information content (AvgIpc) is 2.49. The first-order valence-electron chi connectivity index (χ1n) is 7.01. The molecular formula is C17H15ClF3NOS. The monoisotopic (exact) mass is 373 g/mol. The zero-order valence-corrected chi connectivity index (χ0v) is 14.5. The van der Waals surface area contributed by atoms with Gasteiger partial charge in [-0.1, -0.05) is 11.6 Å². The zero-order valence-electron chi connectivity index (χ0n) is 12.9. The molecule has 2 nitrogen and oxygen atoms in total. The average molecular weight is 374 g/mol. The maximum Gasteiger partial charge on any atom is 0.416 e. The Morgan fingerprint density at radius 1 is 1.00 bits per heavy atom. The van der Waals surface area contributed by atoms with Gasteiger partial charge in [0.2, 0.25) is 5.91 Å². The van der Waals surface area contributed by atoms with E-state index in [1.807, 2.05) is 0 Å². The zero-order chi connectivity index (χ0) is 18.0. The van der Waals surface area contributed by atoms with E-state index in [-0.39, 0.29) is 5.91 Å². The van der Waals surface area contributed by atoms with Crippen LogP contribution in [-0.2, 0) is 11.0 Å². The molecule has 24 heavy (non-hydrogen) atoms. The van der Waals surface area contributed by atoms with Gasteiger partial charge in [-0.3, -0.25) is 4.79 Å². The Balaban J connectivity index is 2.06. The van der Waals surface area contributed by atoms with Crippen molar-refractivity contribution >= 4 is 35.0 Å². The first-order chi connectivity index (χ1) is 11.1. The van der Waals surface area contributed by atoms with E-state index in [9.17, 15) is 18.0 Å². The van der Waals surface area contributed by atoms with Crippen LogP contribution in [0.2, 0.25) is 5.02 Å². The van der Waals surface area contributed by atoms with Crippen molar-refractivity contribution in [3.05, 3.63) is 59.1 Å². The molecular weight excluding hydrogens is 359 g/mol. The summed E-state index contributed by atoms with van der Waals surface area (Å²) >= 11 is 7.17. The lowest BCUT2D eigenvalue weighted by atomic mass is 10.1. The Kier molecular flexibility index (Phi) is 5.50. The molecule has 2 aromatic rings. The summed E-state index contributed by atoms with van der Waals surface area (Å²) in [6.07, 6.45) is -4.40. The maximum absolute atomic E-state index is 12.5. The lowest BCUT2D eigenvalue weighted by Gasteiger charge is -2.23. The van der Waals surface area contributed by atoms with Crippen molar-refractivity contribution < 1.29 is 18.0 Å². The van der Waals surface area contributed by atoms with E-state index in [2.05, 4.69) is 5.32 Å². The number of halogens is 4. The third-order valence-corrected chi connectivity index (χ3v) is 4.66. The standard InChI is InChI=1S/C17H15ClF3NOS/c1-16(2,24-14-9-5-12(18)6-10-14)15(23)22-13-7-3-11(4-8-13)17(19,20)21/h3-10H,1-2H3,(H,22,23). The fourth-order valence-electron chi connectivity index (χ4n) is 1.87. The van der Waals surface area contributed by atoms with E-state index < -0.39 is 16.5 Å². The van der Waals surface area contributed by atoms with Gasteiger partial charge in [-0.2, -0.15) is 13.2 Å². The van der Waals surface area contributed by atoms with Gasteiger partial charge in [0.15, 0.2) is 0 Å². The highest BCUT2D eigenvalue weighted by atomic mass is 35.5. The van der Waals surface area contributed by atoms with Crippen LogP contribution in [0.5, 0.6) is 0 Å². The van der Waals surface area contributed by atoms with E-state index in [1.165, 1.54) is 23.9 Å². The molecule has 0 radical (unpaired) electrons. The minimum Gasteiger partial charge on any atom is -0.325 e. The van der Waals surface area contributed by atoms with Gasteiger partial charge in [-0.05, 0) is 62.4 Å². The van der Waals surface area contributed by atoms with Gasteiger partial charge >= 0.3 is 6.18 Å². The molecule has 1 amide bonds. The highest BCUT2D eigenvalue weighted by molar-refractivity contribution is 8.01. The molecule has 1 N–H and O–H groups in total. The van der Waals surface area contributed by atoms with Crippen molar-refractivity contribution in [2.45, 2.75) is 29.7 Å². The molecule has 0 heterocycles. The van der Waals surface area contributed by atoms with Crippen molar-refractivity contribution in [2.75, 3.05) is 5.32 Å². The third kappa shape index (κ3) is 4.92. The molecule has 0 saturated heterocycles. The van der Waals surface area contributed by atoms with Crippen LogP contribution in [0.3, 0.4) is 0 Å². The summed E-state index contributed by atoms with van der Waals surface area (Å²) in [7, 11) is 0. The molecule has 2 rings (SSSR count). The fourth-order valence-corrected chi connectivity index (χ4v) is 3.00. The summed E-state index contributed by atoms with van der Waals surface area (Å²) in [5.74, 6) is -0.304. The molecule has 7 heteroatoms. The van der Waals surface area contributed by atoms with Gasteiger partial charge in [-0.25, -0.2) is 0 Å². The van der Waals surface area contributed by atoms with Crippen molar-refractivity contribution in [1.29, 1.82) is 0 Å². The van der Waals surface area contributed by atoms with Crippen LogP contribution < -0.4 is 5.32 Å². The first-order valence-corrected chi connectivity index (χ1v) is 8.21. The van der Waals surface area contributed by atoms with Crippen LogP contribution in [0.25, 0.3) is 0 Å². The Bertz CT molecular complexity index is 712. The fraction of sp³-hybridized carbons (Fsp3) is 0.235. The van der Waals surface area contributed by atoms with Gasteiger partial charge < -0.3 is 5.32 Å². The van der Waals surface area contributed by atoms with Crippen LogP contribution in [0.15, 0.2) is 53.4 Å². The molecule has 0 saturated carbocycles. The van der Waals surface area contributed by atoms with E-state index >= 15 is 0 Å². The van der Waals surface area contributed by atoms with Crippen LogP contribution in [0.1, 0.15) is 19.4 Å². The maximum atomic E-state index is 12.5. The van der Waals surface area contributed by atoms with Crippen LogP contribution >= 0.6 is 23.4 Å². The molecule has 0 unspecified atom stereocenters. The quantitative estimate of drug-likeness (QED) is 0.679. The normalized spacial score (nSPS) is 12.1. The van der Waals surface area contributed by atoms with E-state index in [1.54, 1.807) is 38.1 Å². The number of amides is 1. The van der Waals surface area contributed by atoms with Crippen molar-refractivity contribution in [3.8, 4) is 0 Å². The SMILES string of the molecule is CC(C)(Sc1ccc(Cl)cc1)C(=O)Nc1ccc(C(F)(F)F)cc1. The summed E-state index contributed by atoms with van der Waals surface area (Å²) in [6.45, 7) is 3.48. The van der Waals surface area contributed by atoms with Gasteiger partial charge in [0.05, 0.1) is 10.3 Å². The Morgan fingerprint density at radius 3 is 2.04 bits per heavy atom. The summed E-state index contributed by atoms with van der Waals surface area (Å²) < 4.78 is 36.8. The topological polar surface area (TPSA) is 29.1 Å². The first kappa shape index (κ1) is 18.7. The number of hydrogen-bond donors (Lipinski definition) is 1. The Hall–Kier alpha value is -1.66. The Labute approximate surface area is 147 Å². The molecule has 0 atom stereocenters. The summed E-state index contributed by atoms with van der Waals surface area (Å²) in [5, 5.41) is 3.24. The molecule has 0 spiro atoms. The molecule has 0 aliphatic carbocycles. The molecule has 128 valence electrons. The number of thioether (sulfide) groups is 1. The largest absolute Gasteiger partial charge is 0.416 e. The number of alkyl halides is 3. The number of carbonyl (C=O) groups excluding carboxylic acids is 1. The van der Waals surface area contributed by atoms with Gasteiger partial charge in [0.25, 0.3) is 0 Å². The summed E-state index contributed by atoms with van der Waals surface area (Å²) in [5.41, 5.74) is -0.437. The van der Waals surface area contributed by atoms with Crippen LogP contribution in [-0.4, -0.2) is 10.7 Å². The predicted molar refractivity (Wildman–Crippen MR) is 91.5 cm³/mol. The number of carbonyl (C=O) groups is 1. The van der Waals surface area contributed by atoms with E-state index in [0.29, 0.717) is 10.7 Å². The van der Waals surface area contributed by atoms with Crippen LogP contribution in [0.4, 0.5) is 18.9 Å². The highest BCUT2D eigenvalue weighted by Crippen LogP contribution is 2.34. The van der Waals surface area contributed by atoms with Gasteiger partial charge in [0.1, 0.15) is 0 Å². The molecule has 0 fully saturated rings. The lowest BCUT2D eigenvalue weighted by molar-refractivity contribution is -0.137. The molecule has 0 aliphatic rings.